The molecule has 0 amide bonds. The average molecular weight is 265 g/mol. The predicted molar refractivity (Wildman–Crippen MR) is 66.4 cm³/mol. The summed E-state index contributed by atoms with van der Waals surface area (Å²) in [5.41, 5.74) is 8.81. The van der Waals surface area contributed by atoms with Crippen LogP contribution in [0.5, 0.6) is 0 Å². The number of hydrazine groups is 2. The van der Waals surface area contributed by atoms with E-state index in [1.165, 1.54) is 0 Å². The largest absolute Gasteiger partial charge is 0.300 e. The van der Waals surface area contributed by atoms with Crippen LogP contribution in [0.25, 0.3) is 0 Å². The summed E-state index contributed by atoms with van der Waals surface area (Å²) >= 11 is 16.4. The average Bonchev–Trinajstić information content (AvgIpc) is 2.23. The molecule has 0 saturated carbocycles. The number of nitrogens with two attached hydrogens (primary N) is 1. The van der Waals surface area contributed by atoms with Crippen LogP contribution in [0.4, 0.5) is 0 Å². The topological polar surface area (TPSA) is 62.1 Å². The van der Waals surface area contributed by atoms with Crippen LogP contribution in [-0.4, -0.2) is 5.11 Å². The van der Waals surface area contributed by atoms with Crippen LogP contribution in [0, 0.1) is 0 Å². The molecule has 1 aromatic rings. The summed E-state index contributed by atoms with van der Waals surface area (Å²) in [7, 11) is 0. The molecule has 1 rings (SSSR count). The third-order valence-corrected chi connectivity index (χ3v) is 2.57. The molecule has 0 bridgehead atoms. The summed E-state index contributed by atoms with van der Waals surface area (Å²) in [6.45, 7) is 0.554. The first-order valence-corrected chi connectivity index (χ1v) is 5.23. The van der Waals surface area contributed by atoms with Gasteiger partial charge in [-0.3, -0.25) is 10.9 Å². The van der Waals surface area contributed by atoms with Gasteiger partial charge in [0.1, 0.15) is 0 Å². The number of nitrogens with one attached hydrogen (secondary N) is 3. The van der Waals surface area contributed by atoms with Gasteiger partial charge < -0.3 is 0 Å². The van der Waals surface area contributed by atoms with Crippen molar-refractivity contribution in [2.45, 2.75) is 6.54 Å². The maximum absolute atomic E-state index is 5.84. The first kappa shape index (κ1) is 12.5. The Morgan fingerprint density at radius 1 is 1.33 bits per heavy atom. The minimum atomic E-state index is 0.315. The van der Waals surface area contributed by atoms with Gasteiger partial charge in [-0.15, -0.1) is 0 Å². The quantitative estimate of drug-likeness (QED) is 0.377. The monoisotopic (exact) mass is 264 g/mol. The van der Waals surface area contributed by atoms with Crippen LogP contribution < -0.4 is 22.1 Å². The molecule has 0 aromatic heterocycles. The highest BCUT2D eigenvalue weighted by Gasteiger charge is 1.99. The number of rotatable bonds is 3. The molecule has 1 aromatic carbocycles. The van der Waals surface area contributed by atoms with E-state index >= 15 is 0 Å². The van der Waals surface area contributed by atoms with Gasteiger partial charge in [0.05, 0.1) is 10.0 Å². The van der Waals surface area contributed by atoms with Gasteiger partial charge in [0.15, 0.2) is 5.11 Å². The minimum absolute atomic E-state index is 0.315. The third kappa shape index (κ3) is 4.19. The van der Waals surface area contributed by atoms with E-state index in [1.54, 1.807) is 12.1 Å². The second kappa shape index (κ2) is 6.09. The van der Waals surface area contributed by atoms with Crippen molar-refractivity contribution in [3.8, 4) is 0 Å². The molecule has 0 heterocycles. The van der Waals surface area contributed by atoms with Gasteiger partial charge in [0, 0.05) is 6.54 Å². The molecule has 4 nitrogen and oxygen atoms in total. The molecule has 0 spiro atoms. The molecule has 5 N–H and O–H groups in total. The summed E-state index contributed by atoms with van der Waals surface area (Å²) in [4.78, 5) is 0. The molecule has 7 heteroatoms. The molecular formula is C8H10Cl2N4S. The molecule has 0 saturated heterocycles. The van der Waals surface area contributed by atoms with Gasteiger partial charge in [-0.05, 0) is 29.9 Å². The highest BCUT2D eigenvalue weighted by molar-refractivity contribution is 7.80. The van der Waals surface area contributed by atoms with Gasteiger partial charge in [-0.2, -0.15) is 0 Å². The van der Waals surface area contributed by atoms with Crippen molar-refractivity contribution in [3.63, 3.8) is 0 Å². The van der Waals surface area contributed by atoms with E-state index in [9.17, 15) is 0 Å². The summed E-state index contributed by atoms with van der Waals surface area (Å²) in [6.07, 6.45) is 0. The first-order valence-electron chi connectivity index (χ1n) is 4.07. The van der Waals surface area contributed by atoms with Crippen molar-refractivity contribution in [1.82, 2.24) is 16.3 Å². The smallest absolute Gasteiger partial charge is 0.195 e. The fraction of sp³-hybridized carbons (Fsp3) is 0.125. The Labute approximate surface area is 103 Å². The zero-order chi connectivity index (χ0) is 11.3. The molecule has 82 valence electrons. The fourth-order valence-electron chi connectivity index (χ4n) is 0.912. The van der Waals surface area contributed by atoms with E-state index in [4.69, 9.17) is 41.3 Å². The highest BCUT2D eigenvalue weighted by Crippen LogP contribution is 2.22. The van der Waals surface area contributed by atoms with Crippen molar-refractivity contribution in [3.05, 3.63) is 33.8 Å². The van der Waals surface area contributed by atoms with E-state index in [0.29, 0.717) is 21.7 Å². The van der Waals surface area contributed by atoms with Gasteiger partial charge >= 0.3 is 0 Å². The number of benzene rings is 1. The van der Waals surface area contributed by atoms with Crippen molar-refractivity contribution in [2.75, 3.05) is 0 Å². The Balaban J connectivity index is 2.44. The lowest BCUT2D eigenvalue weighted by Gasteiger charge is -2.08. The Morgan fingerprint density at radius 3 is 2.67 bits per heavy atom. The number of thiocarbonyl (C=S) groups is 1. The van der Waals surface area contributed by atoms with Gasteiger partial charge in [0.2, 0.25) is 0 Å². The highest BCUT2D eigenvalue weighted by atomic mass is 35.5. The predicted octanol–water partition coefficient (Wildman–Crippen LogP) is 1.34. The van der Waals surface area contributed by atoms with Crippen LogP contribution >= 0.6 is 35.4 Å². The van der Waals surface area contributed by atoms with Crippen LogP contribution in [0.1, 0.15) is 5.56 Å². The van der Waals surface area contributed by atoms with Crippen molar-refractivity contribution >= 4 is 40.5 Å². The summed E-state index contributed by atoms with van der Waals surface area (Å²) in [6, 6.07) is 5.37. The van der Waals surface area contributed by atoms with E-state index in [2.05, 4.69) is 16.3 Å². The Bertz CT molecular complexity index is 358. The Morgan fingerprint density at radius 2 is 2.07 bits per heavy atom. The molecule has 0 aliphatic heterocycles. The minimum Gasteiger partial charge on any atom is -0.300 e. The van der Waals surface area contributed by atoms with Crippen molar-refractivity contribution in [2.24, 2.45) is 5.84 Å². The lowest BCUT2D eigenvalue weighted by atomic mass is 10.2. The normalized spacial score (nSPS) is 9.80. The Kier molecular flexibility index (Phi) is 5.07. The lowest BCUT2D eigenvalue weighted by molar-refractivity contribution is 0.644. The Hall–Kier alpha value is -0.590. The van der Waals surface area contributed by atoms with Crippen molar-refractivity contribution in [1.29, 1.82) is 0 Å². The van der Waals surface area contributed by atoms with Crippen LogP contribution in [0.15, 0.2) is 18.2 Å². The van der Waals surface area contributed by atoms with E-state index in [1.807, 2.05) is 6.07 Å². The second-order valence-corrected chi connectivity index (χ2v) is 3.92. The van der Waals surface area contributed by atoms with Crippen LogP contribution in [0.3, 0.4) is 0 Å². The number of hydrogen-bond acceptors (Lipinski definition) is 3. The number of halogens is 2. The zero-order valence-electron chi connectivity index (χ0n) is 7.68. The molecule has 0 fully saturated rings. The van der Waals surface area contributed by atoms with Crippen LogP contribution in [-0.2, 0) is 6.54 Å². The molecule has 0 aliphatic rings. The molecule has 0 radical (unpaired) electrons. The van der Waals surface area contributed by atoms with Crippen molar-refractivity contribution < 1.29 is 0 Å². The molecular weight excluding hydrogens is 255 g/mol. The lowest BCUT2D eigenvalue weighted by Crippen LogP contribution is -2.46. The number of hydrogen-bond donors (Lipinski definition) is 4. The molecule has 0 aliphatic carbocycles. The van der Waals surface area contributed by atoms with Gasteiger partial charge in [0.25, 0.3) is 0 Å². The first-order chi connectivity index (χ1) is 7.13. The van der Waals surface area contributed by atoms with E-state index in [-0.39, 0.29) is 0 Å². The molecule has 15 heavy (non-hydrogen) atoms. The maximum Gasteiger partial charge on any atom is 0.195 e. The SMILES string of the molecule is NNC(=S)NNCc1ccc(Cl)c(Cl)c1. The zero-order valence-corrected chi connectivity index (χ0v) is 10.0. The third-order valence-electron chi connectivity index (χ3n) is 1.61. The fourth-order valence-corrected chi connectivity index (χ4v) is 1.31. The van der Waals surface area contributed by atoms with E-state index in [0.717, 1.165) is 5.56 Å². The molecule has 0 atom stereocenters. The standard InChI is InChI=1S/C8H10Cl2N4S/c9-6-2-1-5(3-7(6)10)4-12-14-8(15)13-11/h1-3,12H,4,11H2,(H2,13,14,15). The second-order valence-electron chi connectivity index (χ2n) is 2.70. The van der Waals surface area contributed by atoms with E-state index < -0.39 is 0 Å². The van der Waals surface area contributed by atoms with Gasteiger partial charge in [-0.25, -0.2) is 11.3 Å². The summed E-state index contributed by atoms with van der Waals surface area (Å²) in [5.74, 6) is 5.06. The maximum atomic E-state index is 5.84. The molecule has 0 unspecified atom stereocenters. The van der Waals surface area contributed by atoms with Gasteiger partial charge in [-0.1, -0.05) is 29.3 Å². The van der Waals surface area contributed by atoms with Crippen LogP contribution in [0.2, 0.25) is 10.0 Å². The summed E-state index contributed by atoms with van der Waals surface area (Å²) in [5, 5.41) is 1.37. The summed E-state index contributed by atoms with van der Waals surface area (Å²) < 4.78 is 0.